The zero-order chi connectivity index (χ0) is 31.2. The molecule has 0 radical (unpaired) electrons. The summed E-state index contributed by atoms with van der Waals surface area (Å²) in [7, 11) is 1.61. The number of oxazole rings is 1. The molecule has 9 atom stereocenters. The number of rotatable bonds is 6. The number of carboxylic acid groups (broad SMARTS) is 1. The number of aliphatic hydroxyl groups is 2. The molecule has 3 rings (SSSR count). The molecule has 3 heterocycles. The van der Waals surface area contributed by atoms with E-state index in [1.165, 1.54) is 13.0 Å². The van der Waals surface area contributed by atoms with Gasteiger partial charge in [-0.15, -0.1) is 0 Å². The molecule has 1 fully saturated rings. The molecule has 0 spiro atoms. The number of carbonyl (C=O) groups is 2. The van der Waals surface area contributed by atoms with E-state index < -0.39 is 52.4 Å². The highest BCUT2D eigenvalue weighted by Crippen LogP contribution is 2.43. The van der Waals surface area contributed by atoms with Gasteiger partial charge in [-0.05, 0) is 51.5 Å². The van der Waals surface area contributed by atoms with Crippen molar-refractivity contribution in [1.29, 1.82) is 0 Å². The van der Waals surface area contributed by atoms with Gasteiger partial charge in [-0.1, -0.05) is 54.1 Å². The van der Waals surface area contributed by atoms with Crippen LogP contribution in [0.15, 0.2) is 41.1 Å². The summed E-state index contributed by atoms with van der Waals surface area (Å²) in [5.41, 5.74) is -1.27. The Hall–Kier alpha value is -2.31. The van der Waals surface area contributed by atoms with E-state index in [9.17, 15) is 24.9 Å². The van der Waals surface area contributed by atoms with E-state index in [0.717, 1.165) is 12.0 Å². The highest BCUT2D eigenvalue weighted by atomic mass is 79.9. The topological polar surface area (TPSA) is 149 Å². The first kappa shape index (κ1) is 34.2. The third-order valence-electron chi connectivity index (χ3n) is 8.12. The molecule has 2 aliphatic heterocycles. The van der Waals surface area contributed by atoms with Crippen LogP contribution in [0.1, 0.15) is 71.9 Å². The standard InChI is InChI=1S/C31H44BrNO9/c1-18-9-11-24-33-21(17-40-24)20(3)16-22(34)19(2)10-12-25(35)41-27-26(23(15-18)39-6)42-31(5,28(27)32)14-8-7-13-30(4,38)29(36)37/h7-8,10,12,16-19,22-23,26-28,34,38H,9,11,13-15H2,1-6H3,(H,36,37)/b8-7-,12-10+,20-16+/t18?,19-,22-,23+,26+,27+,28-,30-,31+/m0/s1. The number of aryl methyl sites for hydroxylation is 1. The largest absolute Gasteiger partial charge is 0.479 e. The van der Waals surface area contributed by atoms with Gasteiger partial charge in [0.15, 0.2) is 11.5 Å². The maximum atomic E-state index is 13.0. The van der Waals surface area contributed by atoms with E-state index in [1.54, 1.807) is 44.6 Å². The van der Waals surface area contributed by atoms with Gasteiger partial charge in [-0.25, -0.2) is 14.6 Å². The van der Waals surface area contributed by atoms with Crippen molar-refractivity contribution in [2.45, 2.75) is 107 Å². The van der Waals surface area contributed by atoms with Crippen LogP contribution in [0.25, 0.3) is 5.57 Å². The molecule has 0 amide bonds. The summed E-state index contributed by atoms with van der Waals surface area (Å²) in [6.07, 6.45) is 9.38. The molecule has 1 unspecified atom stereocenters. The van der Waals surface area contributed by atoms with Gasteiger partial charge in [0.05, 0.1) is 22.6 Å². The third kappa shape index (κ3) is 8.63. The summed E-state index contributed by atoms with van der Waals surface area (Å²) >= 11 is 3.73. The molecule has 1 saturated heterocycles. The Bertz CT molecular complexity index is 1170. The molecule has 11 heteroatoms. The number of aromatic nitrogens is 1. The monoisotopic (exact) mass is 653 g/mol. The van der Waals surface area contributed by atoms with Crippen molar-refractivity contribution in [2.24, 2.45) is 11.8 Å². The fraction of sp³-hybridized carbons (Fsp3) is 0.645. The van der Waals surface area contributed by atoms with Crippen molar-refractivity contribution >= 4 is 33.4 Å². The molecular formula is C31H44BrNO9. The Balaban J connectivity index is 1.88. The zero-order valence-corrected chi connectivity index (χ0v) is 26.7. The van der Waals surface area contributed by atoms with Crippen molar-refractivity contribution in [2.75, 3.05) is 7.11 Å². The fourth-order valence-corrected chi connectivity index (χ4v) is 5.82. The van der Waals surface area contributed by atoms with E-state index >= 15 is 0 Å². The first-order valence-electron chi connectivity index (χ1n) is 14.3. The molecule has 0 aromatic carbocycles. The molecule has 1 aromatic rings. The predicted molar refractivity (Wildman–Crippen MR) is 160 cm³/mol. The number of methoxy groups -OCH3 is 1. The normalized spacial score (nSPS) is 36.6. The van der Waals surface area contributed by atoms with Crippen LogP contribution in [0.5, 0.6) is 0 Å². The molecule has 42 heavy (non-hydrogen) atoms. The number of aliphatic hydroxyl groups excluding tert-OH is 1. The fourth-order valence-electron chi connectivity index (χ4n) is 5.12. The highest BCUT2D eigenvalue weighted by molar-refractivity contribution is 9.09. The summed E-state index contributed by atoms with van der Waals surface area (Å²) in [6.45, 7) is 8.90. The molecule has 0 saturated carbocycles. The minimum absolute atomic E-state index is 0.0685. The van der Waals surface area contributed by atoms with Crippen LogP contribution in [-0.4, -0.2) is 79.8 Å². The summed E-state index contributed by atoms with van der Waals surface area (Å²) in [5, 5.41) is 29.9. The summed E-state index contributed by atoms with van der Waals surface area (Å²) in [6, 6.07) is 0. The Labute approximate surface area is 255 Å². The number of carboxylic acids is 1. The maximum Gasteiger partial charge on any atom is 0.335 e. The van der Waals surface area contributed by atoms with Crippen LogP contribution in [0.3, 0.4) is 0 Å². The molecule has 2 aliphatic rings. The van der Waals surface area contributed by atoms with E-state index in [1.807, 2.05) is 13.8 Å². The van der Waals surface area contributed by atoms with E-state index in [0.29, 0.717) is 30.8 Å². The average molecular weight is 655 g/mol. The molecule has 2 bridgehead atoms. The van der Waals surface area contributed by atoms with E-state index in [4.69, 9.17) is 18.6 Å². The minimum atomic E-state index is -1.88. The number of nitrogens with zero attached hydrogens (tertiary/aromatic N) is 1. The second-order valence-electron chi connectivity index (χ2n) is 12.0. The van der Waals surface area contributed by atoms with Gasteiger partial charge in [0, 0.05) is 31.9 Å². The molecule has 10 nitrogen and oxygen atoms in total. The Morgan fingerprint density at radius 3 is 2.69 bits per heavy atom. The van der Waals surface area contributed by atoms with Gasteiger partial charge in [-0.3, -0.25) is 0 Å². The van der Waals surface area contributed by atoms with Crippen molar-refractivity contribution < 1.29 is 43.5 Å². The number of hydrogen-bond acceptors (Lipinski definition) is 9. The van der Waals surface area contributed by atoms with Crippen molar-refractivity contribution in [1.82, 2.24) is 4.98 Å². The molecule has 1 aromatic heterocycles. The van der Waals surface area contributed by atoms with Crippen molar-refractivity contribution in [3.63, 3.8) is 0 Å². The number of allylic oxidation sites excluding steroid dienone is 1. The Morgan fingerprint density at radius 1 is 1.31 bits per heavy atom. The van der Waals surface area contributed by atoms with Crippen LogP contribution in [0.4, 0.5) is 0 Å². The van der Waals surface area contributed by atoms with Crippen LogP contribution < -0.4 is 0 Å². The first-order valence-corrected chi connectivity index (χ1v) is 15.2. The number of alkyl halides is 1. The van der Waals surface area contributed by atoms with Crippen LogP contribution >= 0.6 is 15.9 Å². The molecule has 0 aliphatic carbocycles. The van der Waals surface area contributed by atoms with Gasteiger partial charge in [-0.2, -0.15) is 0 Å². The zero-order valence-electron chi connectivity index (χ0n) is 25.2. The number of esters is 1. The third-order valence-corrected chi connectivity index (χ3v) is 9.61. The second kappa shape index (κ2) is 14.4. The van der Waals surface area contributed by atoms with Crippen molar-refractivity contribution in [3.8, 4) is 0 Å². The van der Waals surface area contributed by atoms with Crippen LogP contribution in [0, 0.1) is 11.8 Å². The van der Waals surface area contributed by atoms with Gasteiger partial charge >= 0.3 is 11.9 Å². The van der Waals surface area contributed by atoms with Crippen LogP contribution in [-0.2, 0) is 30.2 Å². The van der Waals surface area contributed by atoms with Gasteiger partial charge < -0.3 is 33.9 Å². The maximum absolute atomic E-state index is 13.0. The number of halogens is 1. The van der Waals surface area contributed by atoms with Gasteiger partial charge in [0.2, 0.25) is 0 Å². The summed E-state index contributed by atoms with van der Waals surface area (Å²) < 4.78 is 24.2. The lowest BCUT2D eigenvalue weighted by molar-refractivity contribution is -0.156. The predicted octanol–water partition coefficient (Wildman–Crippen LogP) is 4.62. The molecular weight excluding hydrogens is 610 g/mol. The lowest BCUT2D eigenvalue weighted by Gasteiger charge is -2.29. The van der Waals surface area contributed by atoms with E-state index in [-0.39, 0.29) is 18.3 Å². The Morgan fingerprint density at radius 2 is 2.02 bits per heavy atom. The number of ether oxygens (including phenoxy) is 3. The second-order valence-corrected chi connectivity index (χ2v) is 13.0. The number of carbonyl (C=O) groups excluding carboxylic acids is 1. The summed E-state index contributed by atoms with van der Waals surface area (Å²) in [4.78, 5) is 28.4. The number of aliphatic carboxylic acids is 1. The molecule has 234 valence electrons. The SMILES string of the molecule is CO[C@@H]1CC(C)CCc2nc(co2)/C(C)=C/[C@H](O)[C@@H](C)/C=C/C(=O)O[C@@H]2[C@@H]1O[C@](C)(C/C=C\C[C@](C)(O)C(=O)O)[C@H]2Br. The van der Waals surface area contributed by atoms with Crippen LogP contribution in [0.2, 0.25) is 0 Å². The quantitative estimate of drug-likeness (QED) is 0.225. The lowest BCUT2D eigenvalue weighted by atomic mass is 9.91. The number of fused-ring (bicyclic) bond motifs is 3. The smallest absolute Gasteiger partial charge is 0.335 e. The van der Waals surface area contributed by atoms with Gasteiger partial charge in [0.25, 0.3) is 0 Å². The average Bonchev–Trinajstić information content (AvgIpc) is 3.50. The van der Waals surface area contributed by atoms with Gasteiger partial charge in [0.1, 0.15) is 24.2 Å². The summed E-state index contributed by atoms with van der Waals surface area (Å²) in [5.74, 6) is -1.43. The van der Waals surface area contributed by atoms with E-state index in [2.05, 4.69) is 27.8 Å². The highest BCUT2D eigenvalue weighted by Gasteiger charge is 2.55. The molecule has 3 N–H and O–H groups in total. The Kier molecular flexibility index (Phi) is 11.8. The minimum Gasteiger partial charge on any atom is -0.479 e. The lowest BCUT2D eigenvalue weighted by Crippen LogP contribution is -2.42. The number of hydrogen-bond donors (Lipinski definition) is 3. The first-order chi connectivity index (χ1) is 19.7. The van der Waals surface area contributed by atoms with Crippen molar-refractivity contribution in [3.05, 3.63) is 48.2 Å².